The van der Waals surface area contributed by atoms with Crippen molar-refractivity contribution < 1.29 is 4.79 Å². The molecule has 198 valence electrons. The van der Waals surface area contributed by atoms with Crippen LogP contribution in [0.2, 0.25) is 5.02 Å². The maximum atomic E-state index is 12.4. The molecule has 38 heavy (non-hydrogen) atoms. The van der Waals surface area contributed by atoms with Gasteiger partial charge in [-0.1, -0.05) is 80.4 Å². The number of carbonyl (C=O) groups excluding carboxylic acids is 1. The zero-order valence-electron chi connectivity index (χ0n) is 22.3. The van der Waals surface area contributed by atoms with Crippen LogP contribution in [-0.4, -0.2) is 27.4 Å². The minimum absolute atomic E-state index is 0.0469. The molecule has 0 unspecified atom stereocenters. The van der Waals surface area contributed by atoms with E-state index in [0.29, 0.717) is 41.3 Å². The van der Waals surface area contributed by atoms with Crippen molar-refractivity contribution in [3.05, 3.63) is 101 Å². The van der Waals surface area contributed by atoms with E-state index in [-0.39, 0.29) is 12.5 Å². The van der Waals surface area contributed by atoms with Crippen molar-refractivity contribution in [1.29, 1.82) is 0 Å². The Morgan fingerprint density at radius 2 is 1.61 bits per heavy atom. The fourth-order valence-electron chi connectivity index (χ4n) is 3.23. The Bertz CT molecular complexity index is 1290. The summed E-state index contributed by atoms with van der Waals surface area (Å²) < 4.78 is 0. The van der Waals surface area contributed by atoms with Crippen LogP contribution in [0, 0.1) is 12.8 Å². The van der Waals surface area contributed by atoms with E-state index in [4.69, 9.17) is 11.6 Å². The van der Waals surface area contributed by atoms with E-state index >= 15 is 0 Å². The highest BCUT2D eigenvalue weighted by Crippen LogP contribution is 2.20. The topological polar surface area (TPSA) is 91.8 Å². The first kappa shape index (κ1) is 28.6. The monoisotopic (exact) mass is 530 g/mol. The van der Waals surface area contributed by atoms with Crippen molar-refractivity contribution in [1.82, 2.24) is 20.3 Å². The fourth-order valence-corrected chi connectivity index (χ4v) is 3.44. The van der Waals surface area contributed by atoms with E-state index in [0.717, 1.165) is 17.0 Å². The summed E-state index contributed by atoms with van der Waals surface area (Å²) in [5.74, 6) is 1.63. The molecular weight excluding hydrogens is 496 g/mol. The average Bonchev–Trinajstić information content (AvgIpc) is 2.90. The first-order valence-electron chi connectivity index (χ1n) is 12.6. The molecule has 3 N–H and O–H groups in total. The standard InChI is InChI=1S/C26H25ClN6O.C4H10/c1-18-8-10-19(11-9-18)15-30-25(34)17-31-26-32-23(22-7-2-3-12-28-22)14-24(33-26)29-16-20-5-4-6-21(27)13-20;1-4(2)3/h2-14H,15-17H2,1H3,(H,30,34)(H2,29,31,32,33);4H,1-3H3. The summed E-state index contributed by atoms with van der Waals surface area (Å²) in [5.41, 5.74) is 4.60. The number of rotatable bonds is 9. The van der Waals surface area contributed by atoms with Crippen LogP contribution < -0.4 is 16.0 Å². The van der Waals surface area contributed by atoms with Crippen LogP contribution in [0.4, 0.5) is 11.8 Å². The molecule has 0 aliphatic heterocycles. The third kappa shape index (κ3) is 10.2. The number of hydrogen-bond donors (Lipinski definition) is 3. The summed E-state index contributed by atoms with van der Waals surface area (Å²) in [5, 5.41) is 9.90. The Balaban J connectivity index is 0.000000934. The highest BCUT2D eigenvalue weighted by molar-refractivity contribution is 6.30. The van der Waals surface area contributed by atoms with Crippen LogP contribution in [0.3, 0.4) is 0 Å². The lowest BCUT2D eigenvalue weighted by atomic mass is 10.1. The number of nitrogens with one attached hydrogen (secondary N) is 3. The van der Waals surface area contributed by atoms with Gasteiger partial charge < -0.3 is 16.0 Å². The van der Waals surface area contributed by atoms with Gasteiger partial charge in [-0.3, -0.25) is 9.78 Å². The largest absolute Gasteiger partial charge is 0.366 e. The van der Waals surface area contributed by atoms with Crippen molar-refractivity contribution in [2.24, 2.45) is 5.92 Å². The zero-order chi connectivity index (χ0) is 27.3. The van der Waals surface area contributed by atoms with Gasteiger partial charge in [0.15, 0.2) is 0 Å². The fraction of sp³-hybridized carbons (Fsp3) is 0.267. The van der Waals surface area contributed by atoms with E-state index in [1.807, 2.05) is 79.7 Å². The molecule has 0 aliphatic carbocycles. The van der Waals surface area contributed by atoms with Gasteiger partial charge in [0, 0.05) is 30.4 Å². The molecule has 0 saturated heterocycles. The Hall–Kier alpha value is -3.97. The maximum absolute atomic E-state index is 12.4. The number of anilines is 2. The van der Waals surface area contributed by atoms with E-state index in [2.05, 4.69) is 51.7 Å². The lowest BCUT2D eigenvalue weighted by Gasteiger charge is -2.12. The van der Waals surface area contributed by atoms with E-state index < -0.39 is 0 Å². The Morgan fingerprint density at radius 1 is 0.842 bits per heavy atom. The zero-order valence-corrected chi connectivity index (χ0v) is 23.1. The summed E-state index contributed by atoms with van der Waals surface area (Å²) in [4.78, 5) is 25.8. The average molecular weight is 531 g/mol. The van der Waals surface area contributed by atoms with Gasteiger partial charge in [0.25, 0.3) is 0 Å². The van der Waals surface area contributed by atoms with Crippen LogP contribution in [0.15, 0.2) is 79.0 Å². The minimum atomic E-state index is -0.152. The van der Waals surface area contributed by atoms with Gasteiger partial charge in [-0.2, -0.15) is 4.98 Å². The molecule has 0 radical (unpaired) electrons. The van der Waals surface area contributed by atoms with Gasteiger partial charge in [-0.25, -0.2) is 4.98 Å². The lowest BCUT2D eigenvalue weighted by molar-refractivity contribution is -0.119. The molecule has 0 atom stereocenters. The van der Waals surface area contributed by atoms with Gasteiger partial charge in [0.05, 0.1) is 17.9 Å². The third-order valence-corrected chi connectivity index (χ3v) is 5.27. The maximum Gasteiger partial charge on any atom is 0.239 e. The van der Waals surface area contributed by atoms with Crippen molar-refractivity contribution in [2.75, 3.05) is 17.2 Å². The molecule has 4 aromatic rings. The van der Waals surface area contributed by atoms with Crippen molar-refractivity contribution in [3.63, 3.8) is 0 Å². The van der Waals surface area contributed by atoms with Gasteiger partial charge in [-0.05, 0) is 48.2 Å². The number of aromatic nitrogens is 3. The number of hydrogen-bond acceptors (Lipinski definition) is 6. The van der Waals surface area contributed by atoms with E-state index in [9.17, 15) is 4.79 Å². The quantitative estimate of drug-likeness (QED) is 0.229. The SMILES string of the molecule is CC(C)C.Cc1ccc(CNC(=O)CNc2nc(NCc3cccc(Cl)c3)cc(-c3ccccn3)n2)cc1. The highest BCUT2D eigenvalue weighted by atomic mass is 35.5. The number of carbonyl (C=O) groups is 1. The molecule has 0 spiro atoms. The van der Waals surface area contributed by atoms with Crippen LogP contribution in [0.5, 0.6) is 0 Å². The van der Waals surface area contributed by atoms with Crippen LogP contribution in [0.1, 0.15) is 37.5 Å². The smallest absolute Gasteiger partial charge is 0.239 e. The number of pyridine rings is 1. The highest BCUT2D eigenvalue weighted by Gasteiger charge is 2.10. The second-order valence-electron chi connectivity index (χ2n) is 9.51. The number of halogens is 1. The van der Waals surface area contributed by atoms with Crippen molar-refractivity contribution in [3.8, 4) is 11.4 Å². The lowest BCUT2D eigenvalue weighted by Crippen LogP contribution is -2.29. The predicted octanol–water partition coefficient (Wildman–Crippen LogP) is 6.50. The summed E-state index contributed by atoms with van der Waals surface area (Å²) >= 11 is 6.09. The summed E-state index contributed by atoms with van der Waals surface area (Å²) in [6, 6.07) is 23.1. The van der Waals surface area contributed by atoms with Crippen molar-refractivity contribution >= 4 is 29.3 Å². The number of aryl methyl sites for hydroxylation is 1. The molecule has 0 aliphatic rings. The second kappa shape index (κ2) is 14.7. The molecule has 2 aromatic heterocycles. The van der Waals surface area contributed by atoms with Crippen LogP contribution in [0.25, 0.3) is 11.4 Å². The molecule has 1 amide bonds. The van der Waals surface area contributed by atoms with Crippen molar-refractivity contribution in [2.45, 2.75) is 40.8 Å². The second-order valence-corrected chi connectivity index (χ2v) is 9.94. The van der Waals surface area contributed by atoms with Gasteiger partial charge >= 0.3 is 0 Å². The molecule has 7 nitrogen and oxygen atoms in total. The van der Waals surface area contributed by atoms with Crippen LogP contribution in [-0.2, 0) is 17.9 Å². The summed E-state index contributed by atoms with van der Waals surface area (Å²) in [7, 11) is 0. The predicted molar refractivity (Wildman–Crippen MR) is 156 cm³/mol. The molecule has 2 aromatic carbocycles. The summed E-state index contributed by atoms with van der Waals surface area (Å²) in [6.45, 7) is 9.58. The molecule has 0 fully saturated rings. The summed E-state index contributed by atoms with van der Waals surface area (Å²) in [6.07, 6.45) is 1.71. The Labute approximate surface area is 230 Å². The molecule has 8 heteroatoms. The van der Waals surface area contributed by atoms with E-state index in [1.54, 1.807) is 6.20 Å². The van der Waals surface area contributed by atoms with Gasteiger partial charge in [0.2, 0.25) is 11.9 Å². The van der Waals surface area contributed by atoms with Crippen LogP contribution >= 0.6 is 11.6 Å². The van der Waals surface area contributed by atoms with E-state index in [1.165, 1.54) is 5.56 Å². The first-order valence-corrected chi connectivity index (χ1v) is 13.0. The number of amides is 1. The van der Waals surface area contributed by atoms with Gasteiger partial charge in [0.1, 0.15) is 5.82 Å². The normalized spacial score (nSPS) is 10.4. The number of benzene rings is 2. The third-order valence-electron chi connectivity index (χ3n) is 5.03. The molecule has 4 rings (SSSR count). The first-order chi connectivity index (χ1) is 18.3. The Kier molecular flexibility index (Phi) is 11.1. The molecule has 0 saturated carbocycles. The Morgan fingerprint density at radius 3 is 2.29 bits per heavy atom. The molecule has 2 heterocycles. The molecular formula is C30H35ClN6O. The number of nitrogens with zero attached hydrogens (tertiary/aromatic N) is 3. The van der Waals surface area contributed by atoms with Gasteiger partial charge in [-0.15, -0.1) is 0 Å². The minimum Gasteiger partial charge on any atom is -0.366 e. The molecule has 0 bridgehead atoms.